The molecule has 3 rings (SSSR count). The van der Waals surface area contributed by atoms with Gasteiger partial charge in [0.05, 0.1) is 0 Å². The van der Waals surface area contributed by atoms with Crippen molar-refractivity contribution in [2.45, 2.75) is 52.0 Å². The summed E-state index contributed by atoms with van der Waals surface area (Å²) in [5.41, 5.74) is 2.00. The Morgan fingerprint density at radius 2 is 1.88 bits per heavy atom. The van der Waals surface area contributed by atoms with E-state index < -0.39 is 0 Å². The van der Waals surface area contributed by atoms with E-state index in [1.54, 1.807) is 25.1 Å². The SMILES string of the molecule is Cc1nc(NC2CCCCC2)cc(C(=O)Nc2ccc(Cl)cc2C)n1. The van der Waals surface area contributed by atoms with Crippen LogP contribution in [0.15, 0.2) is 24.3 Å². The Hall–Kier alpha value is -2.14. The number of benzene rings is 1. The van der Waals surface area contributed by atoms with Crippen molar-refractivity contribution in [1.29, 1.82) is 0 Å². The number of aryl methyl sites for hydroxylation is 2. The Bertz CT molecular complexity index is 772. The highest BCUT2D eigenvalue weighted by atomic mass is 35.5. The number of rotatable bonds is 4. The van der Waals surface area contributed by atoms with E-state index >= 15 is 0 Å². The summed E-state index contributed by atoms with van der Waals surface area (Å²) in [6.07, 6.45) is 6.08. The fraction of sp³-hybridized carbons (Fsp3) is 0.421. The van der Waals surface area contributed by atoms with Gasteiger partial charge >= 0.3 is 0 Å². The lowest BCUT2D eigenvalue weighted by atomic mass is 9.95. The first-order valence-corrected chi connectivity index (χ1v) is 9.09. The minimum atomic E-state index is -0.248. The number of nitrogens with zero attached hydrogens (tertiary/aromatic N) is 2. The van der Waals surface area contributed by atoms with Gasteiger partial charge in [0.15, 0.2) is 0 Å². The third-order valence-corrected chi connectivity index (χ3v) is 4.70. The molecule has 0 bridgehead atoms. The highest BCUT2D eigenvalue weighted by Gasteiger charge is 2.16. The van der Waals surface area contributed by atoms with E-state index in [1.165, 1.54) is 19.3 Å². The molecule has 0 aliphatic heterocycles. The number of hydrogen-bond donors (Lipinski definition) is 2. The van der Waals surface area contributed by atoms with Crippen LogP contribution in [0, 0.1) is 13.8 Å². The number of carbonyl (C=O) groups is 1. The number of hydrogen-bond acceptors (Lipinski definition) is 4. The average molecular weight is 359 g/mol. The van der Waals surface area contributed by atoms with Gasteiger partial charge < -0.3 is 10.6 Å². The highest BCUT2D eigenvalue weighted by molar-refractivity contribution is 6.30. The van der Waals surface area contributed by atoms with Gasteiger partial charge in [-0.15, -0.1) is 0 Å². The maximum Gasteiger partial charge on any atom is 0.274 e. The van der Waals surface area contributed by atoms with Gasteiger partial charge in [0.2, 0.25) is 0 Å². The van der Waals surface area contributed by atoms with E-state index in [1.807, 2.05) is 13.0 Å². The number of anilines is 2. The maximum atomic E-state index is 12.6. The van der Waals surface area contributed by atoms with Crippen LogP contribution in [0.2, 0.25) is 5.02 Å². The molecule has 1 amide bonds. The standard InChI is InChI=1S/C19H23ClN4O/c1-12-10-14(20)8-9-16(12)24-19(25)17-11-18(22-13(2)21-17)23-15-6-4-3-5-7-15/h8-11,15H,3-7H2,1-2H3,(H,24,25)(H,21,22,23). The van der Waals surface area contributed by atoms with Crippen molar-refractivity contribution in [3.05, 3.63) is 46.4 Å². The van der Waals surface area contributed by atoms with Crippen molar-refractivity contribution >= 4 is 29.0 Å². The van der Waals surface area contributed by atoms with Crippen molar-refractivity contribution in [3.8, 4) is 0 Å². The summed E-state index contributed by atoms with van der Waals surface area (Å²) < 4.78 is 0. The first-order valence-electron chi connectivity index (χ1n) is 8.71. The van der Waals surface area contributed by atoms with Crippen LogP contribution in [0.5, 0.6) is 0 Å². The molecule has 1 saturated carbocycles. The molecular weight excluding hydrogens is 336 g/mol. The number of amides is 1. The zero-order valence-corrected chi connectivity index (χ0v) is 15.4. The van der Waals surface area contributed by atoms with Crippen molar-refractivity contribution < 1.29 is 4.79 Å². The molecule has 132 valence electrons. The molecule has 1 fully saturated rings. The van der Waals surface area contributed by atoms with Crippen LogP contribution in [0.4, 0.5) is 11.5 Å². The molecule has 0 atom stereocenters. The van der Waals surface area contributed by atoms with E-state index in [-0.39, 0.29) is 5.91 Å². The van der Waals surface area contributed by atoms with Crippen molar-refractivity contribution in [2.75, 3.05) is 10.6 Å². The largest absolute Gasteiger partial charge is 0.367 e. The average Bonchev–Trinajstić information content (AvgIpc) is 2.57. The van der Waals surface area contributed by atoms with Crippen LogP contribution < -0.4 is 10.6 Å². The van der Waals surface area contributed by atoms with E-state index in [9.17, 15) is 4.79 Å². The fourth-order valence-electron chi connectivity index (χ4n) is 3.17. The Morgan fingerprint density at radius 3 is 2.60 bits per heavy atom. The van der Waals surface area contributed by atoms with E-state index in [0.717, 1.165) is 29.9 Å². The fourth-order valence-corrected chi connectivity index (χ4v) is 3.39. The number of halogens is 1. The van der Waals surface area contributed by atoms with Crippen LogP contribution >= 0.6 is 11.6 Å². The van der Waals surface area contributed by atoms with Crippen molar-refractivity contribution in [2.24, 2.45) is 0 Å². The van der Waals surface area contributed by atoms with E-state index in [0.29, 0.717) is 22.6 Å². The zero-order valence-electron chi connectivity index (χ0n) is 14.6. The summed E-state index contributed by atoms with van der Waals surface area (Å²) in [4.78, 5) is 21.3. The van der Waals surface area contributed by atoms with Crippen LogP contribution in [-0.2, 0) is 0 Å². The third kappa shape index (κ3) is 4.69. The Labute approximate surface area is 153 Å². The second-order valence-electron chi connectivity index (χ2n) is 6.58. The smallest absolute Gasteiger partial charge is 0.274 e. The van der Waals surface area contributed by atoms with E-state index in [4.69, 9.17) is 11.6 Å². The predicted octanol–water partition coefficient (Wildman–Crippen LogP) is 4.74. The van der Waals surface area contributed by atoms with Gasteiger partial charge in [-0.3, -0.25) is 4.79 Å². The summed E-state index contributed by atoms with van der Waals surface area (Å²) in [6.45, 7) is 3.71. The van der Waals surface area contributed by atoms with Gasteiger partial charge in [0.25, 0.3) is 5.91 Å². The first kappa shape index (κ1) is 17.7. The lowest BCUT2D eigenvalue weighted by Gasteiger charge is -2.23. The Kier molecular flexibility index (Phi) is 5.53. The molecule has 5 nitrogen and oxygen atoms in total. The van der Waals surface area contributed by atoms with Gasteiger partial charge in [-0.1, -0.05) is 30.9 Å². The molecule has 1 heterocycles. The molecule has 2 aromatic rings. The van der Waals surface area contributed by atoms with Crippen LogP contribution in [0.25, 0.3) is 0 Å². The molecule has 0 radical (unpaired) electrons. The monoisotopic (exact) mass is 358 g/mol. The molecule has 25 heavy (non-hydrogen) atoms. The van der Waals surface area contributed by atoms with Crippen LogP contribution in [0.1, 0.15) is 54.0 Å². The molecule has 0 saturated heterocycles. The van der Waals surface area contributed by atoms with Gasteiger partial charge in [0.1, 0.15) is 17.3 Å². The molecule has 1 aromatic heterocycles. The molecule has 0 unspecified atom stereocenters. The molecule has 1 aromatic carbocycles. The van der Waals surface area contributed by atoms with Gasteiger partial charge in [-0.05, 0) is 50.5 Å². The summed E-state index contributed by atoms with van der Waals surface area (Å²) in [7, 11) is 0. The minimum absolute atomic E-state index is 0.248. The van der Waals surface area contributed by atoms with Crippen molar-refractivity contribution in [3.63, 3.8) is 0 Å². The van der Waals surface area contributed by atoms with Crippen LogP contribution in [0.3, 0.4) is 0 Å². The Balaban J connectivity index is 1.75. The van der Waals surface area contributed by atoms with Gasteiger partial charge in [-0.2, -0.15) is 0 Å². The summed E-state index contributed by atoms with van der Waals surface area (Å²) in [6, 6.07) is 7.52. The quantitative estimate of drug-likeness (QED) is 0.828. The van der Waals surface area contributed by atoms with Crippen molar-refractivity contribution in [1.82, 2.24) is 9.97 Å². The number of aromatic nitrogens is 2. The lowest BCUT2D eigenvalue weighted by molar-refractivity contribution is 0.102. The summed E-state index contributed by atoms with van der Waals surface area (Å²) in [5, 5.41) is 6.99. The molecule has 6 heteroatoms. The maximum absolute atomic E-state index is 12.6. The molecule has 1 aliphatic rings. The zero-order chi connectivity index (χ0) is 17.8. The van der Waals surface area contributed by atoms with Crippen LogP contribution in [-0.4, -0.2) is 21.9 Å². The van der Waals surface area contributed by atoms with Gasteiger partial charge in [-0.25, -0.2) is 9.97 Å². The molecule has 0 spiro atoms. The summed E-state index contributed by atoms with van der Waals surface area (Å²) >= 11 is 5.96. The number of nitrogens with one attached hydrogen (secondary N) is 2. The van der Waals surface area contributed by atoms with E-state index in [2.05, 4.69) is 20.6 Å². The van der Waals surface area contributed by atoms with Gasteiger partial charge in [0, 0.05) is 22.8 Å². The number of carbonyl (C=O) groups excluding carboxylic acids is 1. The normalized spacial score (nSPS) is 15.0. The second-order valence-corrected chi connectivity index (χ2v) is 7.01. The third-order valence-electron chi connectivity index (χ3n) is 4.46. The summed E-state index contributed by atoms with van der Waals surface area (Å²) in [5.74, 6) is 1.05. The molecule has 2 N–H and O–H groups in total. The lowest BCUT2D eigenvalue weighted by Crippen LogP contribution is -2.24. The second kappa shape index (κ2) is 7.83. The molecular formula is C19H23ClN4O. The molecule has 1 aliphatic carbocycles. The minimum Gasteiger partial charge on any atom is -0.367 e. The highest BCUT2D eigenvalue weighted by Crippen LogP contribution is 2.22. The predicted molar refractivity (Wildman–Crippen MR) is 101 cm³/mol. The topological polar surface area (TPSA) is 66.9 Å². The first-order chi connectivity index (χ1) is 12.0. The Morgan fingerprint density at radius 1 is 1.12 bits per heavy atom.